The van der Waals surface area contributed by atoms with Crippen molar-refractivity contribution in [1.82, 2.24) is 15.3 Å². The van der Waals surface area contributed by atoms with Gasteiger partial charge in [0.15, 0.2) is 0 Å². The zero-order valence-electron chi connectivity index (χ0n) is 12.2. The molecule has 0 bridgehead atoms. The molecule has 1 N–H and O–H groups in total. The lowest BCUT2D eigenvalue weighted by Gasteiger charge is -2.15. The lowest BCUT2D eigenvalue weighted by molar-refractivity contribution is 0.0940. The molecule has 22 heavy (non-hydrogen) atoms. The predicted molar refractivity (Wildman–Crippen MR) is 91.9 cm³/mol. The summed E-state index contributed by atoms with van der Waals surface area (Å²) < 4.78 is 0. The lowest BCUT2D eigenvalue weighted by atomic mass is 10.1. The summed E-state index contributed by atoms with van der Waals surface area (Å²) in [5.41, 5.74) is 2.00. The zero-order valence-corrected chi connectivity index (χ0v) is 14.6. The molecule has 0 spiro atoms. The van der Waals surface area contributed by atoms with E-state index in [-0.39, 0.29) is 11.9 Å². The fourth-order valence-corrected chi connectivity index (χ4v) is 4.41. The number of amides is 1. The maximum absolute atomic E-state index is 12.6. The predicted octanol–water partition coefficient (Wildman–Crippen LogP) is 3.99. The molecule has 3 heterocycles. The highest BCUT2D eigenvalue weighted by Gasteiger charge is 2.21. The van der Waals surface area contributed by atoms with Gasteiger partial charge >= 0.3 is 0 Å². The van der Waals surface area contributed by atoms with Gasteiger partial charge in [-0.05, 0) is 36.2 Å². The standard InChI is InChI=1S/C15H15N3OS3/c1-9-13(22-10(2)17-9)14(19)18-12(15-16-4-6-21-15)7-11-3-5-20-8-11/h3-6,8,12H,7H2,1-2H3,(H,18,19)/t12-/m1/s1. The van der Waals surface area contributed by atoms with Gasteiger partial charge in [-0.1, -0.05) is 0 Å². The van der Waals surface area contributed by atoms with Gasteiger partial charge in [0.2, 0.25) is 0 Å². The third-order valence-corrected chi connectivity index (χ3v) is 5.88. The van der Waals surface area contributed by atoms with Gasteiger partial charge in [0.1, 0.15) is 9.88 Å². The molecule has 1 atom stereocenters. The number of carbonyl (C=O) groups is 1. The van der Waals surface area contributed by atoms with E-state index in [1.54, 1.807) is 28.9 Å². The molecule has 0 radical (unpaired) electrons. The average molecular weight is 350 g/mol. The first-order valence-corrected chi connectivity index (χ1v) is 9.42. The first kappa shape index (κ1) is 15.3. The monoisotopic (exact) mass is 349 g/mol. The largest absolute Gasteiger partial charge is 0.342 e. The van der Waals surface area contributed by atoms with Crippen LogP contribution in [0.3, 0.4) is 0 Å². The van der Waals surface area contributed by atoms with Crippen LogP contribution < -0.4 is 5.32 Å². The maximum Gasteiger partial charge on any atom is 0.263 e. The summed E-state index contributed by atoms with van der Waals surface area (Å²) >= 11 is 4.66. The SMILES string of the molecule is Cc1nc(C)c(C(=O)N[C@H](Cc2ccsc2)c2nccs2)s1. The Hall–Kier alpha value is -1.57. The van der Waals surface area contributed by atoms with E-state index in [2.05, 4.69) is 26.7 Å². The highest BCUT2D eigenvalue weighted by molar-refractivity contribution is 7.13. The van der Waals surface area contributed by atoms with E-state index in [4.69, 9.17) is 0 Å². The van der Waals surface area contributed by atoms with Gasteiger partial charge in [-0.25, -0.2) is 9.97 Å². The highest BCUT2D eigenvalue weighted by atomic mass is 32.1. The number of hydrogen-bond acceptors (Lipinski definition) is 6. The van der Waals surface area contributed by atoms with Gasteiger partial charge in [-0.15, -0.1) is 22.7 Å². The second-order valence-corrected chi connectivity index (χ2v) is 7.79. The Morgan fingerprint density at radius 3 is 2.82 bits per heavy atom. The Morgan fingerprint density at radius 1 is 1.36 bits per heavy atom. The molecular weight excluding hydrogens is 334 g/mol. The molecule has 0 aliphatic heterocycles. The number of thiophene rings is 1. The number of aromatic nitrogens is 2. The number of nitrogens with one attached hydrogen (secondary N) is 1. The first-order valence-electron chi connectivity index (χ1n) is 6.79. The number of aryl methyl sites for hydroxylation is 2. The van der Waals surface area contributed by atoms with Gasteiger partial charge in [0.05, 0.1) is 16.7 Å². The number of hydrogen-bond donors (Lipinski definition) is 1. The number of carbonyl (C=O) groups excluding carboxylic acids is 1. The van der Waals surface area contributed by atoms with Crippen LogP contribution in [0, 0.1) is 13.8 Å². The second kappa shape index (κ2) is 6.68. The fourth-order valence-electron chi connectivity index (χ4n) is 2.22. The van der Waals surface area contributed by atoms with Gasteiger partial charge in [0.25, 0.3) is 5.91 Å². The van der Waals surface area contributed by atoms with E-state index in [9.17, 15) is 4.79 Å². The second-order valence-electron chi connectivity index (χ2n) is 4.88. The Morgan fingerprint density at radius 2 is 2.23 bits per heavy atom. The van der Waals surface area contributed by atoms with Crippen molar-refractivity contribution in [2.45, 2.75) is 26.3 Å². The molecule has 3 rings (SSSR count). The number of thiazole rings is 2. The molecule has 3 aromatic rings. The summed E-state index contributed by atoms with van der Waals surface area (Å²) in [6.07, 6.45) is 2.52. The van der Waals surface area contributed by atoms with E-state index in [1.807, 2.05) is 24.6 Å². The van der Waals surface area contributed by atoms with Crippen molar-refractivity contribution in [3.8, 4) is 0 Å². The molecule has 0 saturated carbocycles. The van der Waals surface area contributed by atoms with Crippen LogP contribution in [-0.4, -0.2) is 15.9 Å². The normalized spacial score (nSPS) is 12.3. The summed E-state index contributed by atoms with van der Waals surface area (Å²) in [6.45, 7) is 3.79. The van der Waals surface area contributed by atoms with Crippen LogP contribution in [0.4, 0.5) is 0 Å². The summed E-state index contributed by atoms with van der Waals surface area (Å²) in [7, 11) is 0. The third kappa shape index (κ3) is 3.43. The molecule has 0 aromatic carbocycles. The van der Waals surface area contributed by atoms with Gasteiger partial charge in [0, 0.05) is 18.0 Å². The fraction of sp³-hybridized carbons (Fsp3) is 0.267. The van der Waals surface area contributed by atoms with Crippen LogP contribution in [0.15, 0.2) is 28.4 Å². The Bertz CT molecular complexity index is 747. The minimum atomic E-state index is -0.107. The minimum absolute atomic E-state index is 0.0708. The molecule has 3 aromatic heterocycles. The molecule has 1 amide bonds. The molecule has 0 aliphatic carbocycles. The third-order valence-electron chi connectivity index (χ3n) is 3.18. The summed E-state index contributed by atoms with van der Waals surface area (Å²) in [4.78, 5) is 21.9. The molecule has 4 nitrogen and oxygen atoms in total. The van der Waals surface area contributed by atoms with Crippen molar-refractivity contribution in [1.29, 1.82) is 0 Å². The number of rotatable bonds is 5. The Balaban J connectivity index is 1.80. The maximum atomic E-state index is 12.6. The van der Waals surface area contributed by atoms with Crippen LogP contribution in [0.25, 0.3) is 0 Å². The van der Waals surface area contributed by atoms with Crippen LogP contribution >= 0.6 is 34.0 Å². The van der Waals surface area contributed by atoms with Crippen molar-refractivity contribution in [3.63, 3.8) is 0 Å². The van der Waals surface area contributed by atoms with E-state index < -0.39 is 0 Å². The summed E-state index contributed by atoms with van der Waals surface area (Å²) in [5.74, 6) is -0.0708. The summed E-state index contributed by atoms with van der Waals surface area (Å²) in [5, 5.41) is 11.0. The molecule has 0 saturated heterocycles. The van der Waals surface area contributed by atoms with Crippen molar-refractivity contribution < 1.29 is 4.79 Å². The van der Waals surface area contributed by atoms with E-state index in [1.165, 1.54) is 16.9 Å². The molecule has 114 valence electrons. The van der Waals surface area contributed by atoms with Gasteiger partial charge < -0.3 is 5.32 Å². The van der Waals surface area contributed by atoms with Crippen molar-refractivity contribution in [3.05, 3.63) is 54.6 Å². The Labute approximate surface area is 140 Å². The van der Waals surface area contributed by atoms with Crippen molar-refractivity contribution >= 4 is 39.9 Å². The molecular formula is C15H15N3OS3. The van der Waals surface area contributed by atoms with E-state index in [0.717, 1.165) is 22.1 Å². The highest BCUT2D eigenvalue weighted by Crippen LogP contribution is 2.24. The van der Waals surface area contributed by atoms with Crippen LogP contribution in [0.5, 0.6) is 0 Å². The van der Waals surface area contributed by atoms with Gasteiger partial charge in [-0.3, -0.25) is 4.79 Å². The van der Waals surface area contributed by atoms with Gasteiger partial charge in [-0.2, -0.15) is 11.3 Å². The molecule has 0 unspecified atom stereocenters. The van der Waals surface area contributed by atoms with Crippen LogP contribution in [-0.2, 0) is 6.42 Å². The van der Waals surface area contributed by atoms with Crippen molar-refractivity contribution in [2.24, 2.45) is 0 Å². The van der Waals surface area contributed by atoms with E-state index in [0.29, 0.717) is 4.88 Å². The van der Waals surface area contributed by atoms with Crippen molar-refractivity contribution in [2.75, 3.05) is 0 Å². The summed E-state index contributed by atoms with van der Waals surface area (Å²) in [6, 6.07) is 1.98. The number of nitrogens with zero attached hydrogens (tertiary/aromatic N) is 2. The van der Waals surface area contributed by atoms with Crippen LogP contribution in [0.2, 0.25) is 0 Å². The molecule has 0 fully saturated rings. The Kier molecular flexibility index (Phi) is 4.66. The molecule has 7 heteroatoms. The van der Waals surface area contributed by atoms with E-state index >= 15 is 0 Å². The lowest BCUT2D eigenvalue weighted by Crippen LogP contribution is -2.29. The van der Waals surface area contributed by atoms with Crippen LogP contribution in [0.1, 0.15) is 37.0 Å². The quantitative estimate of drug-likeness (QED) is 0.758. The topological polar surface area (TPSA) is 54.9 Å². The smallest absolute Gasteiger partial charge is 0.263 e. The first-order chi connectivity index (χ1) is 10.6. The minimum Gasteiger partial charge on any atom is -0.342 e. The zero-order chi connectivity index (χ0) is 15.5. The average Bonchev–Trinajstić information content (AvgIpc) is 3.19. The molecule has 0 aliphatic rings.